The van der Waals surface area contributed by atoms with Crippen LogP contribution < -0.4 is 0 Å². The number of ether oxygens (including phenoxy) is 1. The third kappa shape index (κ3) is 1.75. The molecule has 2 heteroatoms. The third-order valence-corrected chi connectivity index (χ3v) is 3.89. The number of nitrogens with zero attached hydrogens (tertiary/aromatic N) is 1. The van der Waals surface area contributed by atoms with Crippen LogP contribution in [0.5, 0.6) is 0 Å². The van der Waals surface area contributed by atoms with Crippen molar-refractivity contribution in [1.82, 2.24) is 4.90 Å². The van der Waals surface area contributed by atoms with Crippen LogP contribution >= 0.6 is 0 Å². The average molecular weight is 185 g/mol. The van der Waals surface area contributed by atoms with Gasteiger partial charge < -0.3 is 9.64 Å². The van der Waals surface area contributed by atoms with Gasteiger partial charge in [-0.3, -0.25) is 0 Å². The van der Waals surface area contributed by atoms with Crippen molar-refractivity contribution in [1.29, 1.82) is 0 Å². The predicted molar refractivity (Wildman–Crippen MR) is 55.9 cm³/mol. The lowest BCUT2D eigenvalue weighted by molar-refractivity contribution is -0.131. The fraction of sp³-hybridized carbons (Fsp3) is 1.00. The first kappa shape index (κ1) is 11.0. The zero-order valence-electron chi connectivity index (χ0n) is 9.85. The van der Waals surface area contributed by atoms with Gasteiger partial charge in [0.25, 0.3) is 0 Å². The van der Waals surface area contributed by atoms with Crippen LogP contribution in [0.3, 0.4) is 0 Å². The largest absolute Gasteiger partial charge is 0.377 e. The Labute approximate surface area is 82.3 Å². The molecule has 0 aromatic heterocycles. The van der Waals surface area contributed by atoms with Crippen LogP contribution in [0, 0.1) is 5.41 Å². The van der Waals surface area contributed by atoms with E-state index < -0.39 is 0 Å². The lowest BCUT2D eigenvalue weighted by atomic mass is 9.68. The van der Waals surface area contributed by atoms with Crippen molar-refractivity contribution >= 4 is 0 Å². The Morgan fingerprint density at radius 1 is 1.23 bits per heavy atom. The minimum absolute atomic E-state index is 0.166. The summed E-state index contributed by atoms with van der Waals surface area (Å²) in [5, 5.41) is 0. The molecule has 13 heavy (non-hydrogen) atoms. The molecule has 78 valence electrons. The molecular weight excluding hydrogens is 162 g/mol. The quantitative estimate of drug-likeness (QED) is 0.620. The number of likely N-dealkylation sites (N-methyl/N-ethyl adjacent to an activating group) is 1. The van der Waals surface area contributed by atoms with E-state index in [1.54, 1.807) is 0 Å². The van der Waals surface area contributed by atoms with E-state index in [0.29, 0.717) is 11.5 Å². The molecule has 1 aliphatic rings. The van der Waals surface area contributed by atoms with Crippen LogP contribution in [0.4, 0.5) is 0 Å². The molecule has 1 heterocycles. The normalized spacial score (nSPS) is 39.5. The van der Waals surface area contributed by atoms with Gasteiger partial charge in [-0.15, -0.1) is 0 Å². The summed E-state index contributed by atoms with van der Waals surface area (Å²) < 4.78 is 5.75. The number of rotatable bonds is 1. The maximum Gasteiger partial charge on any atom is 0.0656 e. The second-order valence-corrected chi connectivity index (χ2v) is 5.38. The van der Waals surface area contributed by atoms with Gasteiger partial charge in [-0.1, -0.05) is 13.8 Å². The molecule has 1 aliphatic heterocycles. The fourth-order valence-corrected chi connectivity index (χ4v) is 2.23. The molecule has 0 aromatic rings. The second-order valence-electron chi connectivity index (χ2n) is 5.38. The Kier molecular flexibility index (Phi) is 2.75. The summed E-state index contributed by atoms with van der Waals surface area (Å²) in [7, 11) is 4.28. The van der Waals surface area contributed by atoms with Gasteiger partial charge in [0, 0.05) is 5.54 Å². The summed E-state index contributed by atoms with van der Waals surface area (Å²) in [6.07, 6.45) is 1.55. The predicted octanol–water partition coefficient (Wildman–Crippen LogP) is 2.14. The smallest absolute Gasteiger partial charge is 0.0656 e. The maximum absolute atomic E-state index is 5.75. The molecule has 0 saturated carbocycles. The van der Waals surface area contributed by atoms with Crippen molar-refractivity contribution in [3.63, 3.8) is 0 Å². The first-order valence-corrected chi connectivity index (χ1v) is 5.09. The number of hydrogen-bond acceptors (Lipinski definition) is 2. The summed E-state index contributed by atoms with van der Waals surface area (Å²) in [6.45, 7) is 9.97. The van der Waals surface area contributed by atoms with Crippen molar-refractivity contribution in [2.24, 2.45) is 5.41 Å². The van der Waals surface area contributed by atoms with Gasteiger partial charge in [-0.2, -0.15) is 0 Å². The molecule has 2 atom stereocenters. The lowest BCUT2D eigenvalue weighted by Crippen LogP contribution is -2.60. The highest BCUT2D eigenvalue weighted by molar-refractivity contribution is 5.00. The molecule has 1 fully saturated rings. The Morgan fingerprint density at radius 2 is 1.77 bits per heavy atom. The molecule has 1 rings (SSSR count). The van der Waals surface area contributed by atoms with Gasteiger partial charge in [0.15, 0.2) is 0 Å². The highest BCUT2D eigenvalue weighted by Crippen LogP contribution is 2.42. The van der Waals surface area contributed by atoms with Crippen LogP contribution in [0.2, 0.25) is 0 Å². The van der Waals surface area contributed by atoms with Crippen LogP contribution in [0.1, 0.15) is 34.1 Å². The Hall–Kier alpha value is -0.0800. The molecule has 2 nitrogen and oxygen atoms in total. The monoisotopic (exact) mass is 185 g/mol. The molecule has 0 bridgehead atoms. The van der Waals surface area contributed by atoms with Crippen molar-refractivity contribution in [2.45, 2.75) is 45.8 Å². The van der Waals surface area contributed by atoms with E-state index in [1.807, 2.05) is 0 Å². The molecule has 0 N–H and O–H groups in total. The average Bonchev–Trinajstić information content (AvgIpc) is 1.96. The Morgan fingerprint density at radius 3 is 2.15 bits per heavy atom. The zero-order valence-corrected chi connectivity index (χ0v) is 9.85. The molecule has 0 amide bonds. The van der Waals surface area contributed by atoms with Gasteiger partial charge in [0.2, 0.25) is 0 Å². The summed E-state index contributed by atoms with van der Waals surface area (Å²) in [5.41, 5.74) is 0.494. The van der Waals surface area contributed by atoms with E-state index in [9.17, 15) is 0 Å². The van der Waals surface area contributed by atoms with Crippen molar-refractivity contribution in [3.05, 3.63) is 0 Å². The maximum atomic E-state index is 5.75. The standard InChI is InChI=1S/C11H23NO/c1-9-7-10(2,3)11(4,8-13-9)12(5)6/h9H,7-8H2,1-6H3. The SMILES string of the molecule is CC1CC(C)(C)C(C)(N(C)C)CO1. The zero-order chi connectivity index (χ0) is 10.3. The van der Waals surface area contributed by atoms with Gasteiger partial charge in [-0.25, -0.2) is 0 Å². The summed E-state index contributed by atoms with van der Waals surface area (Å²) >= 11 is 0. The second kappa shape index (κ2) is 3.25. The van der Waals surface area contributed by atoms with E-state index in [0.717, 1.165) is 13.0 Å². The summed E-state index contributed by atoms with van der Waals surface area (Å²) in [5.74, 6) is 0. The lowest BCUT2D eigenvalue weighted by Gasteiger charge is -2.53. The van der Waals surface area contributed by atoms with Crippen LogP contribution in [-0.2, 0) is 4.74 Å². The van der Waals surface area contributed by atoms with E-state index >= 15 is 0 Å². The Balaban J connectivity index is 2.86. The molecule has 0 spiro atoms. The van der Waals surface area contributed by atoms with Crippen molar-refractivity contribution in [3.8, 4) is 0 Å². The minimum Gasteiger partial charge on any atom is -0.377 e. The third-order valence-electron chi connectivity index (χ3n) is 3.89. The van der Waals surface area contributed by atoms with Gasteiger partial charge >= 0.3 is 0 Å². The highest BCUT2D eigenvalue weighted by Gasteiger charge is 2.47. The molecule has 2 unspecified atom stereocenters. The molecule has 0 aromatic carbocycles. The van der Waals surface area contributed by atoms with Crippen molar-refractivity contribution < 1.29 is 4.74 Å². The molecule has 0 aliphatic carbocycles. The molecule has 1 saturated heterocycles. The summed E-state index contributed by atoms with van der Waals surface area (Å²) in [6, 6.07) is 0. The molecular formula is C11H23NO. The topological polar surface area (TPSA) is 12.5 Å². The first-order valence-electron chi connectivity index (χ1n) is 5.09. The Bertz CT molecular complexity index is 189. The first-order chi connectivity index (χ1) is 5.79. The van der Waals surface area contributed by atoms with E-state index in [4.69, 9.17) is 4.74 Å². The van der Waals surface area contributed by atoms with E-state index in [-0.39, 0.29) is 5.54 Å². The van der Waals surface area contributed by atoms with Gasteiger partial charge in [-0.05, 0) is 39.8 Å². The minimum atomic E-state index is 0.166. The van der Waals surface area contributed by atoms with Crippen LogP contribution in [-0.4, -0.2) is 37.2 Å². The molecule has 0 radical (unpaired) electrons. The fourth-order valence-electron chi connectivity index (χ4n) is 2.23. The summed E-state index contributed by atoms with van der Waals surface area (Å²) in [4.78, 5) is 2.29. The van der Waals surface area contributed by atoms with E-state index in [1.165, 1.54) is 0 Å². The van der Waals surface area contributed by atoms with Crippen LogP contribution in [0.15, 0.2) is 0 Å². The number of hydrogen-bond donors (Lipinski definition) is 0. The van der Waals surface area contributed by atoms with Crippen LogP contribution in [0.25, 0.3) is 0 Å². The van der Waals surface area contributed by atoms with Gasteiger partial charge in [0.1, 0.15) is 0 Å². The van der Waals surface area contributed by atoms with Gasteiger partial charge in [0.05, 0.1) is 12.7 Å². The van der Waals surface area contributed by atoms with E-state index in [2.05, 4.69) is 46.7 Å². The highest BCUT2D eigenvalue weighted by atomic mass is 16.5. The van der Waals surface area contributed by atoms with Crippen molar-refractivity contribution in [2.75, 3.05) is 20.7 Å².